The van der Waals surface area contributed by atoms with E-state index in [2.05, 4.69) is 30.9 Å². The molecule has 2 heterocycles. The minimum absolute atomic E-state index is 0.217. The highest BCUT2D eigenvalue weighted by atomic mass is 16.6. The minimum atomic E-state index is -0.457. The zero-order valence-corrected chi connectivity index (χ0v) is 16.1. The first-order chi connectivity index (χ1) is 11.7. The van der Waals surface area contributed by atoms with Crippen molar-refractivity contribution in [3.05, 3.63) is 23.3 Å². The van der Waals surface area contributed by atoms with Gasteiger partial charge in [0.1, 0.15) is 18.0 Å². The molecule has 0 atom stereocenters. The van der Waals surface area contributed by atoms with Crippen molar-refractivity contribution in [3.8, 4) is 5.75 Å². The smallest absolute Gasteiger partial charge is 0.410 e. The maximum absolute atomic E-state index is 12.4. The van der Waals surface area contributed by atoms with E-state index in [1.165, 1.54) is 16.8 Å². The van der Waals surface area contributed by atoms with Crippen molar-refractivity contribution in [2.24, 2.45) is 0 Å². The van der Waals surface area contributed by atoms with Gasteiger partial charge in [-0.2, -0.15) is 0 Å². The first-order valence-corrected chi connectivity index (χ1v) is 9.28. The second kappa shape index (κ2) is 6.77. The van der Waals surface area contributed by atoms with Gasteiger partial charge in [0.2, 0.25) is 0 Å². The first-order valence-electron chi connectivity index (χ1n) is 9.28. The van der Waals surface area contributed by atoms with Gasteiger partial charge in [-0.15, -0.1) is 0 Å². The summed E-state index contributed by atoms with van der Waals surface area (Å²) in [6.45, 7) is 13.2. The molecule has 0 aromatic heterocycles. The Bertz CT molecular complexity index is 649. The highest BCUT2D eigenvalue weighted by molar-refractivity contribution is 5.69. The quantitative estimate of drug-likeness (QED) is 0.779. The van der Waals surface area contributed by atoms with Gasteiger partial charge in [0.15, 0.2) is 0 Å². The molecule has 0 spiro atoms. The molecule has 0 fully saturated rings. The van der Waals surface area contributed by atoms with E-state index < -0.39 is 5.60 Å². The van der Waals surface area contributed by atoms with Crippen LogP contribution >= 0.6 is 0 Å². The number of carbonyl (C=O) groups is 1. The van der Waals surface area contributed by atoms with Crippen LogP contribution in [0.25, 0.3) is 0 Å². The number of ether oxygens (including phenoxy) is 2. The molecule has 0 unspecified atom stereocenters. The number of anilines is 1. The van der Waals surface area contributed by atoms with E-state index in [4.69, 9.17) is 9.47 Å². The summed E-state index contributed by atoms with van der Waals surface area (Å²) in [6, 6.07) is 4.89. The molecule has 0 aliphatic carbocycles. The molecular weight excluding hydrogens is 316 g/mol. The van der Waals surface area contributed by atoms with Crippen LogP contribution in [0.15, 0.2) is 12.1 Å². The Kier molecular flexibility index (Phi) is 4.85. The van der Waals surface area contributed by atoms with Gasteiger partial charge in [-0.05, 0) is 70.7 Å². The summed E-state index contributed by atoms with van der Waals surface area (Å²) in [5.74, 6) is 0.976. The lowest BCUT2D eigenvalue weighted by Crippen LogP contribution is -2.38. The average Bonchev–Trinajstić information content (AvgIpc) is 2.72. The predicted molar refractivity (Wildman–Crippen MR) is 99.6 cm³/mol. The molecule has 0 N–H and O–H groups in total. The standard InChI is InChI=1S/C20H30N2O3/c1-14(2)22-10-11-24-18-13-16-7-9-21(19(23)25-20(3,4)5)8-6-15(16)12-17(18)22/h12-14H,6-11H2,1-5H3. The van der Waals surface area contributed by atoms with Crippen molar-refractivity contribution in [3.63, 3.8) is 0 Å². The third-order valence-corrected chi connectivity index (χ3v) is 4.76. The molecule has 25 heavy (non-hydrogen) atoms. The molecule has 0 saturated heterocycles. The summed E-state index contributed by atoms with van der Waals surface area (Å²) in [7, 11) is 0. The van der Waals surface area contributed by atoms with E-state index in [9.17, 15) is 4.79 Å². The molecule has 138 valence electrons. The molecule has 0 radical (unpaired) electrons. The Labute approximate surface area is 150 Å². The van der Waals surface area contributed by atoms with Gasteiger partial charge in [0.25, 0.3) is 0 Å². The second-order valence-electron chi connectivity index (χ2n) is 8.19. The average molecular weight is 346 g/mol. The highest BCUT2D eigenvalue weighted by Crippen LogP contribution is 2.36. The van der Waals surface area contributed by atoms with Crippen LogP contribution in [0.2, 0.25) is 0 Å². The first kappa shape index (κ1) is 17.9. The van der Waals surface area contributed by atoms with Crippen LogP contribution in [0, 0.1) is 0 Å². The Morgan fingerprint density at radius 1 is 1.12 bits per heavy atom. The Hall–Kier alpha value is -1.91. The second-order valence-corrected chi connectivity index (χ2v) is 8.19. The topological polar surface area (TPSA) is 42.0 Å². The van der Waals surface area contributed by atoms with Crippen molar-refractivity contribution >= 4 is 11.8 Å². The summed E-state index contributed by atoms with van der Waals surface area (Å²) < 4.78 is 11.4. The normalized spacial score (nSPS) is 17.5. The molecule has 0 saturated carbocycles. The molecule has 1 amide bonds. The number of hydrogen-bond donors (Lipinski definition) is 0. The maximum atomic E-state index is 12.4. The minimum Gasteiger partial charge on any atom is -0.490 e. The van der Waals surface area contributed by atoms with Gasteiger partial charge in [0.05, 0.1) is 12.2 Å². The molecule has 1 aromatic carbocycles. The summed E-state index contributed by atoms with van der Waals surface area (Å²) >= 11 is 0. The van der Waals surface area contributed by atoms with Crippen molar-refractivity contribution in [1.82, 2.24) is 4.90 Å². The number of rotatable bonds is 1. The number of fused-ring (bicyclic) bond motifs is 2. The summed E-state index contributed by atoms with van der Waals surface area (Å²) in [4.78, 5) is 16.6. The van der Waals surface area contributed by atoms with E-state index in [1.54, 1.807) is 0 Å². The van der Waals surface area contributed by atoms with Gasteiger partial charge in [-0.3, -0.25) is 0 Å². The van der Waals surface area contributed by atoms with Crippen molar-refractivity contribution in [2.75, 3.05) is 31.1 Å². The molecular formula is C20H30N2O3. The van der Waals surface area contributed by atoms with Crippen LogP contribution < -0.4 is 9.64 Å². The zero-order valence-electron chi connectivity index (χ0n) is 16.1. The number of amides is 1. The molecule has 3 rings (SSSR count). The Balaban J connectivity index is 1.79. The molecule has 2 aliphatic heterocycles. The summed E-state index contributed by atoms with van der Waals surface area (Å²) in [5.41, 5.74) is 3.34. The fourth-order valence-electron chi connectivity index (χ4n) is 3.50. The van der Waals surface area contributed by atoms with E-state index in [0.29, 0.717) is 19.1 Å². The van der Waals surface area contributed by atoms with Crippen LogP contribution in [0.3, 0.4) is 0 Å². The fraction of sp³-hybridized carbons (Fsp3) is 0.650. The van der Waals surface area contributed by atoms with E-state index in [0.717, 1.165) is 31.7 Å². The van der Waals surface area contributed by atoms with Gasteiger partial charge in [0, 0.05) is 19.1 Å². The van der Waals surface area contributed by atoms with Gasteiger partial charge >= 0.3 is 6.09 Å². The highest BCUT2D eigenvalue weighted by Gasteiger charge is 2.27. The largest absolute Gasteiger partial charge is 0.490 e. The molecule has 2 aliphatic rings. The maximum Gasteiger partial charge on any atom is 0.410 e. The Morgan fingerprint density at radius 3 is 2.36 bits per heavy atom. The van der Waals surface area contributed by atoms with Crippen LogP contribution in [0.1, 0.15) is 45.7 Å². The van der Waals surface area contributed by atoms with Crippen molar-refractivity contribution in [1.29, 1.82) is 0 Å². The molecule has 5 nitrogen and oxygen atoms in total. The molecule has 5 heteroatoms. The number of nitrogens with zero attached hydrogens (tertiary/aromatic N) is 2. The SMILES string of the molecule is CC(C)N1CCOc2cc3c(cc21)CCN(C(=O)OC(C)(C)C)CC3. The van der Waals surface area contributed by atoms with Crippen molar-refractivity contribution < 1.29 is 14.3 Å². The zero-order chi connectivity index (χ0) is 18.2. The summed E-state index contributed by atoms with van der Waals surface area (Å²) in [5, 5.41) is 0. The van der Waals surface area contributed by atoms with Gasteiger partial charge < -0.3 is 19.3 Å². The molecule has 0 bridgehead atoms. The van der Waals surface area contributed by atoms with E-state index in [-0.39, 0.29) is 6.09 Å². The third kappa shape index (κ3) is 4.02. The fourth-order valence-corrected chi connectivity index (χ4v) is 3.50. The van der Waals surface area contributed by atoms with Crippen molar-refractivity contribution in [2.45, 2.75) is 59.1 Å². The van der Waals surface area contributed by atoms with Crippen LogP contribution in [-0.2, 0) is 17.6 Å². The lowest BCUT2D eigenvalue weighted by atomic mass is 10.00. The number of benzene rings is 1. The third-order valence-electron chi connectivity index (χ3n) is 4.76. The monoisotopic (exact) mass is 346 g/mol. The predicted octanol–water partition coefficient (Wildman–Crippen LogP) is 3.63. The van der Waals surface area contributed by atoms with Crippen LogP contribution in [0.5, 0.6) is 5.75 Å². The Morgan fingerprint density at radius 2 is 1.76 bits per heavy atom. The molecule has 1 aromatic rings. The number of hydrogen-bond acceptors (Lipinski definition) is 4. The lowest BCUT2D eigenvalue weighted by molar-refractivity contribution is 0.0258. The van der Waals surface area contributed by atoms with Crippen LogP contribution in [0.4, 0.5) is 10.5 Å². The van der Waals surface area contributed by atoms with E-state index >= 15 is 0 Å². The van der Waals surface area contributed by atoms with Gasteiger partial charge in [-0.25, -0.2) is 4.79 Å². The lowest BCUT2D eigenvalue weighted by Gasteiger charge is -2.35. The number of carbonyl (C=O) groups excluding carboxylic acids is 1. The van der Waals surface area contributed by atoms with E-state index in [1.807, 2.05) is 25.7 Å². The van der Waals surface area contributed by atoms with Gasteiger partial charge in [-0.1, -0.05) is 0 Å². The van der Waals surface area contributed by atoms with Crippen LogP contribution in [-0.4, -0.2) is 48.9 Å². The summed E-state index contributed by atoms with van der Waals surface area (Å²) in [6.07, 6.45) is 1.48.